The van der Waals surface area contributed by atoms with Crippen LogP contribution in [0.25, 0.3) is 21.8 Å². The maximum atomic E-state index is 15.2. The number of methoxy groups -OCH3 is 2. The third-order valence-corrected chi connectivity index (χ3v) is 17.7. The smallest absolute Gasteiger partial charge is 0.251 e. The normalized spacial score (nSPS) is 14.9. The van der Waals surface area contributed by atoms with E-state index in [0.29, 0.717) is 58.2 Å². The number of halogens is 2. The summed E-state index contributed by atoms with van der Waals surface area (Å²) in [6, 6.07) is 23.4. The van der Waals surface area contributed by atoms with Gasteiger partial charge in [-0.1, -0.05) is 77.6 Å². The first kappa shape index (κ1) is 65.2. The van der Waals surface area contributed by atoms with E-state index in [9.17, 15) is 28.0 Å². The summed E-state index contributed by atoms with van der Waals surface area (Å²) < 4.78 is 43.0. The Morgan fingerprint density at radius 3 is 1.28 bits per heavy atom. The summed E-state index contributed by atoms with van der Waals surface area (Å²) in [5.74, 6) is 11.5. The molecule has 0 aliphatic carbocycles. The molecule has 18 nitrogen and oxygen atoms in total. The third kappa shape index (κ3) is 13.8. The Hall–Kier alpha value is -9.76. The van der Waals surface area contributed by atoms with Gasteiger partial charge in [-0.2, -0.15) is 0 Å². The molecule has 4 aromatic heterocycles. The van der Waals surface area contributed by atoms with Crippen molar-refractivity contribution < 1.29 is 37.4 Å². The molecular weight excluding hydrogens is 1170 g/mol. The summed E-state index contributed by atoms with van der Waals surface area (Å²) in [5.41, 5.74) is 5.75. The second-order valence-corrected chi connectivity index (χ2v) is 25.0. The molecule has 0 spiro atoms. The van der Waals surface area contributed by atoms with Crippen LogP contribution < -0.4 is 51.7 Å². The van der Waals surface area contributed by atoms with Crippen LogP contribution in [-0.4, -0.2) is 108 Å². The van der Waals surface area contributed by atoms with Gasteiger partial charge in [-0.15, -0.1) is 0 Å². The molecule has 0 unspecified atom stereocenters. The Morgan fingerprint density at radius 1 is 0.554 bits per heavy atom. The summed E-state index contributed by atoms with van der Waals surface area (Å²) in [5, 5.41) is 13.9. The summed E-state index contributed by atoms with van der Waals surface area (Å²) in [6.45, 7) is 12.5. The largest absolute Gasteiger partial charge is 0.497 e. The number of carbonyl (C=O) groups is 4. The lowest BCUT2D eigenvalue weighted by Crippen LogP contribution is -2.54. The number of nitrogens with zero attached hydrogens (tertiary/aromatic N) is 4. The van der Waals surface area contributed by atoms with E-state index < -0.39 is 46.6 Å². The Labute approximate surface area is 533 Å². The highest BCUT2D eigenvalue weighted by atomic mass is 19.1. The van der Waals surface area contributed by atoms with Crippen molar-refractivity contribution in [3.05, 3.63) is 187 Å². The molecule has 0 bridgehead atoms. The van der Waals surface area contributed by atoms with Crippen LogP contribution in [0.5, 0.6) is 11.5 Å². The fourth-order valence-corrected chi connectivity index (χ4v) is 12.7. The number of H-pyrrole nitrogens is 2. The van der Waals surface area contributed by atoms with Gasteiger partial charge >= 0.3 is 0 Å². The van der Waals surface area contributed by atoms with E-state index in [0.717, 1.165) is 44.1 Å². The van der Waals surface area contributed by atoms with Crippen LogP contribution >= 0.6 is 0 Å². The van der Waals surface area contributed by atoms with Crippen molar-refractivity contribution in [3.63, 3.8) is 0 Å². The van der Waals surface area contributed by atoms with Crippen molar-refractivity contribution in [1.29, 1.82) is 0 Å². The second kappa shape index (κ2) is 27.4. The number of nitrogens with one attached hydrogen (secondary N) is 6. The molecule has 6 heterocycles. The fraction of sp³-hybridized carbons (Fsp3) is 0.361. The minimum absolute atomic E-state index is 0.0924. The van der Waals surface area contributed by atoms with Crippen molar-refractivity contribution in [2.45, 2.75) is 128 Å². The number of aromatic nitrogens is 4. The zero-order valence-corrected chi connectivity index (χ0v) is 53.6. The first-order valence-corrected chi connectivity index (χ1v) is 30.9. The van der Waals surface area contributed by atoms with E-state index in [4.69, 9.17) is 9.47 Å². The highest BCUT2D eigenvalue weighted by Crippen LogP contribution is 2.42. The quantitative estimate of drug-likeness (QED) is 0.0361. The maximum Gasteiger partial charge on any atom is 0.251 e. The number of hydrogen-bond acceptors (Lipinski definition) is 10. The summed E-state index contributed by atoms with van der Waals surface area (Å²) in [4.78, 5) is 94.9. The van der Waals surface area contributed by atoms with Gasteiger partial charge in [-0.05, 0) is 134 Å². The molecule has 4 aromatic carbocycles. The monoisotopic (exact) mass is 1250 g/mol. The molecule has 10 rings (SSSR count). The number of ether oxygens (including phenoxy) is 2. The van der Waals surface area contributed by atoms with Crippen LogP contribution in [0.4, 0.5) is 20.2 Å². The van der Waals surface area contributed by atoms with E-state index >= 15 is 9.59 Å². The molecule has 2 aliphatic rings. The lowest BCUT2D eigenvalue weighted by Gasteiger charge is -2.27. The molecule has 6 N–H and O–H groups in total. The number of rotatable bonds is 22. The zero-order chi connectivity index (χ0) is 65.8. The van der Waals surface area contributed by atoms with Gasteiger partial charge in [0.2, 0.25) is 23.6 Å². The number of carbonyl (C=O) groups excluding carboxylic acids is 4. The zero-order valence-electron chi connectivity index (χ0n) is 53.6. The lowest BCUT2D eigenvalue weighted by molar-refractivity contribution is -0.128. The van der Waals surface area contributed by atoms with Gasteiger partial charge in [0.05, 0.1) is 50.8 Å². The van der Waals surface area contributed by atoms with Crippen LogP contribution in [-0.2, 0) is 68.8 Å². The Kier molecular flexibility index (Phi) is 19.4. The van der Waals surface area contributed by atoms with E-state index in [1.165, 1.54) is 24.3 Å². The van der Waals surface area contributed by atoms with Crippen molar-refractivity contribution in [2.75, 3.05) is 51.2 Å². The second-order valence-electron chi connectivity index (χ2n) is 25.0. The van der Waals surface area contributed by atoms with Gasteiger partial charge in [0.25, 0.3) is 11.1 Å². The van der Waals surface area contributed by atoms with Crippen LogP contribution in [0.2, 0.25) is 0 Å². The van der Waals surface area contributed by atoms with Crippen LogP contribution in [0.3, 0.4) is 0 Å². The standard InChI is InChI=1S/C72H78F2N10O8/c1-11-55(75-7)67(87)77-57(69(89)83-41-71(3,4)63-61(83)35-45(65(85)79-63)31-43-17-21-49(73)22-18-43)33-47-39-81(59-27-25-51(91-9)37-53(47)59)29-15-13-14-16-30-82-40-48(54-38-52(92-10)26-28-60(54)82)34-58(78-68(88)56(12-2)76-8)70(90)84-42-72(5,6)64-62(84)36-46(66(86)80-64)32-44-19-23-50(74)24-20-44/h17-28,35-40,55-58,75-76H,11-12,29-34,41-42H2,1-10H3,(H,77,87)(H,78,88)(H,79,85)(H,80,86)/t55-,56-,57-,58-/m0/s1. The number of hydrogen-bond donors (Lipinski definition) is 6. The molecule has 20 heteroatoms. The maximum absolute atomic E-state index is 15.2. The molecule has 0 radical (unpaired) electrons. The molecule has 2 aliphatic heterocycles. The molecule has 0 saturated carbocycles. The minimum atomic E-state index is -1.05. The van der Waals surface area contributed by atoms with Crippen molar-refractivity contribution in [2.24, 2.45) is 0 Å². The number of pyridine rings is 2. The average molecular weight is 1250 g/mol. The molecule has 478 valence electrons. The van der Waals surface area contributed by atoms with Crippen molar-refractivity contribution >= 4 is 56.8 Å². The first-order valence-electron chi connectivity index (χ1n) is 30.9. The number of benzene rings is 4. The van der Waals surface area contributed by atoms with Gasteiger partial charge in [-0.3, -0.25) is 28.8 Å². The van der Waals surface area contributed by atoms with Crippen molar-refractivity contribution in [1.82, 2.24) is 40.4 Å². The van der Waals surface area contributed by atoms with Crippen LogP contribution in [0, 0.1) is 35.3 Å². The van der Waals surface area contributed by atoms with Gasteiger partial charge in [0, 0.05) is 106 Å². The van der Waals surface area contributed by atoms with Gasteiger partial charge in [-0.25, -0.2) is 8.78 Å². The highest BCUT2D eigenvalue weighted by molar-refractivity contribution is 6.03. The number of aromatic amines is 2. The molecule has 8 aromatic rings. The molecule has 4 atom stereocenters. The Bertz CT molecular complexity index is 4100. The Balaban J connectivity index is 0.921. The summed E-state index contributed by atoms with van der Waals surface area (Å²) in [7, 11) is 6.55. The number of fused-ring (bicyclic) bond motifs is 4. The van der Waals surface area contributed by atoms with Gasteiger partial charge in [0.1, 0.15) is 35.2 Å². The topological polar surface area (TPSA) is 217 Å². The van der Waals surface area contributed by atoms with Gasteiger partial charge in [0.15, 0.2) is 0 Å². The Morgan fingerprint density at radius 2 is 0.935 bits per heavy atom. The molecule has 0 fully saturated rings. The fourth-order valence-electron chi connectivity index (χ4n) is 12.7. The summed E-state index contributed by atoms with van der Waals surface area (Å²) in [6.07, 6.45) is 5.40. The third-order valence-electron chi connectivity index (χ3n) is 17.7. The first-order chi connectivity index (χ1) is 44.1. The highest BCUT2D eigenvalue weighted by Gasteiger charge is 2.44. The molecular formula is C72H78F2N10O8. The van der Waals surface area contributed by atoms with E-state index in [1.54, 1.807) is 74.5 Å². The predicted molar refractivity (Wildman–Crippen MR) is 353 cm³/mol. The van der Waals surface area contributed by atoms with Crippen molar-refractivity contribution in [3.8, 4) is 35.2 Å². The van der Waals surface area contributed by atoms with Crippen LogP contribution in [0.1, 0.15) is 99.2 Å². The number of amides is 4. The number of anilines is 2. The molecule has 0 saturated heterocycles. The van der Waals surface area contributed by atoms with Gasteiger partial charge < -0.3 is 59.6 Å². The van der Waals surface area contributed by atoms with E-state index in [2.05, 4.69) is 54.9 Å². The SMILES string of the molecule is CC[C@H](NC)C(=O)N[C@@H](Cc1cn(CC#CC#CCn2cc(C[C@H](NC(=O)[C@H](CC)NC)C(=O)N3CC(C)(C)c4[nH]c(=O)c(Cc5ccc(F)cc5)cc43)c3cc(OC)ccc32)c2ccc(OC)cc12)C(=O)N1CC(C)(C)c2[nH]c(=O)c(Cc3ccc(F)cc3)cc21. The predicted octanol–water partition coefficient (Wildman–Crippen LogP) is 7.86. The molecule has 4 amide bonds. The van der Waals surface area contributed by atoms with E-state index in [1.807, 2.05) is 99.5 Å². The van der Waals surface area contributed by atoms with E-state index in [-0.39, 0.29) is 86.6 Å². The summed E-state index contributed by atoms with van der Waals surface area (Å²) >= 11 is 0. The average Bonchev–Trinajstić information content (AvgIpc) is 1.61. The van der Waals surface area contributed by atoms with Crippen LogP contribution in [0.15, 0.2) is 119 Å². The lowest BCUT2D eigenvalue weighted by atomic mass is 9.91. The number of likely N-dealkylation sites (N-methyl/N-ethyl adjacent to an activating group) is 2. The molecule has 92 heavy (non-hydrogen) atoms. The minimum Gasteiger partial charge on any atom is -0.497 e.